The highest BCUT2D eigenvalue weighted by Gasteiger charge is 2.18. The Balaban J connectivity index is 2.28. The standard InChI is InChI=1S/C13H10Cl2O4/c1-18-13(17)11-5-4-10(19-11)12(16)7-2-3-8(14)9(15)6-7/h2-6,12,16H,1H3. The molecule has 1 atom stereocenters. The number of halogens is 2. The van der Waals surface area contributed by atoms with Crippen LogP contribution in [0.5, 0.6) is 0 Å². The van der Waals surface area contributed by atoms with Crippen LogP contribution in [0, 0.1) is 0 Å². The van der Waals surface area contributed by atoms with Crippen LogP contribution in [0.3, 0.4) is 0 Å². The maximum absolute atomic E-state index is 11.2. The van der Waals surface area contributed by atoms with E-state index in [4.69, 9.17) is 27.6 Å². The SMILES string of the molecule is COC(=O)c1ccc(C(O)c2ccc(Cl)c(Cl)c2)o1. The van der Waals surface area contributed by atoms with Gasteiger partial charge in [0, 0.05) is 0 Å². The second-order valence-corrected chi connectivity index (χ2v) is 4.58. The molecule has 0 bridgehead atoms. The Morgan fingerprint density at radius 2 is 2.00 bits per heavy atom. The maximum atomic E-state index is 11.2. The summed E-state index contributed by atoms with van der Waals surface area (Å²) in [5.74, 6) is -0.358. The van der Waals surface area contributed by atoms with E-state index < -0.39 is 12.1 Å². The van der Waals surface area contributed by atoms with Gasteiger partial charge < -0.3 is 14.3 Å². The molecule has 0 aliphatic rings. The molecule has 1 aromatic carbocycles. The van der Waals surface area contributed by atoms with Crippen LogP contribution < -0.4 is 0 Å². The molecule has 1 heterocycles. The Morgan fingerprint density at radius 3 is 2.63 bits per heavy atom. The Hall–Kier alpha value is -1.49. The number of carbonyl (C=O) groups excluding carboxylic acids is 1. The van der Waals surface area contributed by atoms with Crippen molar-refractivity contribution in [1.82, 2.24) is 0 Å². The number of furan rings is 1. The van der Waals surface area contributed by atoms with Crippen molar-refractivity contribution in [3.05, 3.63) is 57.5 Å². The van der Waals surface area contributed by atoms with E-state index in [-0.39, 0.29) is 11.5 Å². The first-order valence-corrected chi connectivity index (χ1v) is 6.09. The number of esters is 1. The van der Waals surface area contributed by atoms with Crippen LogP contribution in [0.4, 0.5) is 0 Å². The minimum absolute atomic E-state index is 0.0246. The van der Waals surface area contributed by atoms with Crippen LogP contribution in [0.1, 0.15) is 28.0 Å². The summed E-state index contributed by atoms with van der Waals surface area (Å²) in [7, 11) is 1.25. The van der Waals surface area contributed by atoms with Gasteiger partial charge in [0.25, 0.3) is 0 Å². The van der Waals surface area contributed by atoms with Crippen LogP contribution >= 0.6 is 23.2 Å². The van der Waals surface area contributed by atoms with Gasteiger partial charge >= 0.3 is 5.97 Å². The average molecular weight is 301 g/mol. The molecule has 0 amide bonds. The van der Waals surface area contributed by atoms with E-state index in [1.165, 1.54) is 25.3 Å². The van der Waals surface area contributed by atoms with Crippen LogP contribution in [0.2, 0.25) is 10.0 Å². The third kappa shape index (κ3) is 2.92. The number of benzene rings is 1. The summed E-state index contributed by atoms with van der Waals surface area (Å²) >= 11 is 11.7. The minimum atomic E-state index is -1.03. The summed E-state index contributed by atoms with van der Waals surface area (Å²) in [6, 6.07) is 7.67. The van der Waals surface area contributed by atoms with Gasteiger partial charge in [-0.2, -0.15) is 0 Å². The quantitative estimate of drug-likeness (QED) is 0.882. The number of hydrogen-bond acceptors (Lipinski definition) is 4. The molecule has 0 aliphatic carbocycles. The molecular formula is C13H10Cl2O4. The molecule has 2 aromatic rings. The van der Waals surface area contributed by atoms with Crippen molar-refractivity contribution in [2.45, 2.75) is 6.10 Å². The molecule has 6 heteroatoms. The Bertz CT molecular complexity index is 606. The second-order valence-electron chi connectivity index (χ2n) is 3.77. The Kier molecular flexibility index (Phi) is 4.14. The third-order valence-electron chi connectivity index (χ3n) is 2.54. The lowest BCUT2D eigenvalue weighted by Gasteiger charge is -2.09. The van der Waals surface area contributed by atoms with E-state index in [0.29, 0.717) is 15.6 Å². The molecule has 4 nitrogen and oxygen atoms in total. The van der Waals surface area contributed by atoms with Gasteiger partial charge in [-0.05, 0) is 29.8 Å². The minimum Gasteiger partial charge on any atom is -0.463 e. The van der Waals surface area contributed by atoms with Gasteiger partial charge in [-0.15, -0.1) is 0 Å². The molecule has 0 fully saturated rings. The van der Waals surface area contributed by atoms with Crippen molar-refractivity contribution in [3.8, 4) is 0 Å². The lowest BCUT2D eigenvalue weighted by atomic mass is 10.1. The highest BCUT2D eigenvalue weighted by atomic mass is 35.5. The molecule has 0 saturated carbocycles. The smallest absolute Gasteiger partial charge is 0.373 e. The molecule has 0 saturated heterocycles. The zero-order chi connectivity index (χ0) is 14.0. The van der Waals surface area contributed by atoms with Gasteiger partial charge in [-0.1, -0.05) is 29.3 Å². The van der Waals surface area contributed by atoms with E-state index >= 15 is 0 Å². The highest BCUT2D eigenvalue weighted by molar-refractivity contribution is 6.42. The van der Waals surface area contributed by atoms with Gasteiger partial charge in [0.2, 0.25) is 5.76 Å². The number of aliphatic hydroxyl groups is 1. The second kappa shape index (κ2) is 5.65. The topological polar surface area (TPSA) is 59.7 Å². The van der Waals surface area contributed by atoms with Crippen LogP contribution in [-0.2, 0) is 4.74 Å². The van der Waals surface area contributed by atoms with E-state index in [1.54, 1.807) is 12.1 Å². The first-order chi connectivity index (χ1) is 9.02. The number of ether oxygens (including phenoxy) is 1. The number of hydrogen-bond donors (Lipinski definition) is 1. The number of rotatable bonds is 3. The lowest BCUT2D eigenvalue weighted by molar-refractivity contribution is 0.0558. The summed E-state index contributed by atoms with van der Waals surface area (Å²) < 4.78 is 9.74. The van der Waals surface area contributed by atoms with Crippen molar-refractivity contribution in [2.75, 3.05) is 7.11 Å². The van der Waals surface area contributed by atoms with E-state index in [2.05, 4.69) is 4.74 Å². The number of methoxy groups -OCH3 is 1. The zero-order valence-electron chi connectivity index (χ0n) is 9.89. The monoisotopic (exact) mass is 300 g/mol. The Labute approximate surface area is 119 Å². The molecule has 100 valence electrons. The van der Waals surface area contributed by atoms with Crippen molar-refractivity contribution < 1.29 is 19.1 Å². The van der Waals surface area contributed by atoms with Crippen molar-refractivity contribution >= 4 is 29.2 Å². The number of carbonyl (C=O) groups is 1. The van der Waals surface area contributed by atoms with Crippen molar-refractivity contribution in [2.24, 2.45) is 0 Å². The largest absolute Gasteiger partial charge is 0.463 e. The Morgan fingerprint density at radius 1 is 1.26 bits per heavy atom. The fourth-order valence-electron chi connectivity index (χ4n) is 1.56. The zero-order valence-corrected chi connectivity index (χ0v) is 11.4. The molecule has 19 heavy (non-hydrogen) atoms. The summed E-state index contributed by atoms with van der Waals surface area (Å²) in [6.07, 6.45) is -1.03. The van der Waals surface area contributed by atoms with E-state index in [9.17, 15) is 9.90 Å². The third-order valence-corrected chi connectivity index (χ3v) is 3.28. The van der Waals surface area contributed by atoms with Crippen LogP contribution in [-0.4, -0.2) is 18.2 Å². The summed E-state index contributed by atoms with van der Waals surface area (Å²) in [5, 5.41) is 10.9. The first kappa shape index (κ1) is 13.9. The molecule has 2 rings (SSSR count). The van der Waals surface area contributed by atoms with Gasteiger partial charge in [-0.3, -0.25) is 0 Å². The maximum Gasteiger partial charge on any atom is 0.373 e. The van der Waals surface area contributed by atoms with Gasteiger partial charge in [0.15, 0.2) is 0 Å². The van der Waals surface area contributed by atoms with E-state index in [1.807, 2.05) is 0 Å². The summed E-state index contributed by atoms with van der Waals surface area (Å²) in [6.45, 7) is 0. The van der Waals surface area contributed by atoms with E-state index in [0.717, 1.165) is 0 Å². The molecule has 0 aliphatic heterocycles. The van der Waals surface area contributed by atoms with Gasteiger partial charge in [-0.25, -0.2) is 4.79 Å². The molecule has 1 aromatic heterocycles. The van der Waals surface area contributed by atoms with Crippen molar-refractivity contribution in [1.29, 1.82) is 0 Å². The molecular weight excluding hydrogens is 291 g/mol. The molecule has 0 spiro atoms. The van der Waals surface area contributed by atoms with Gasteiger partial charge in [0.05, 0.1) is 17.2 Å². The fraction of sp³-hybridized carbons (Fsp3) is 0.154. The predicted molar refractivity (Wildman–Crippen MR) is 70.6 cm³/mol. The van der Waals surface area contributed by atoms with Crippen molar-refractivity contribution in [3.63, 3.8) is 0 Å². The fourth-order valence-corrected chi connectivity index (χ4v) is 1.86. The normalized spacial score (nSPS) is 12.2. The molecule has 0 radical (unpaired) electrons. The predicted octanol–water partition coefficient (Wildman–Crippen LogP) is 3.45. The summed E-state index contributed by atoms with van der Waals surface area (Å²) in [4.78, 5) is 11.2. The van der Waals surface area contributed by atoms with Crippen LogP contribution in [0.15, 0.2) is 34.7 Å². The first-order valence-electron chi connectivity index (χ1n) is 5.34. The molecule has 1 N–H and O–H groups in total. The van der Waals surface area contributed by atoms with Gasteiger partial charge in [0.1, 0.15) is 11.9 Å². The van der Waals surface area contributed by atoms with Crippen LogP contribution in [0.25, 0.3) is 0 Å². The molecule has 1 unspecified atom stereocenters. The lowest BCUT2D eigenvalue weighted by Crippen LogP contribution is -2.00. The highest BCUT2D eigenvalue weighted by Crippen LogP contribution is 2.29. The number of aliphatic hydroxyl groups excluding tert-OH is 1. The summed E-state index contributed by atoms with van der Waals surface area (Å²) in [5.41, 5.74) is 0.514. The average Bonchev–Trinajstić information content (AvgIpc) is 2.89.